The number of anilines is 1. The van der Waals surface area contributed by atoms with Gasteiger partial charge in [-0.15, -0.1) is 21.5 Å². The number of thioether (sulfide) groups is 1. The lowest BCUT2D eigenvalue weighted by Crippen LogP contribution is -2.16. The van der Waals surface area contributed by atoms with Gasteiger partial charge in [0.1, 0.15) is 10.8 Å². The molecule has 0 saturated heterocycles. The average Bonchev–Trinajstić information content (AvgIpc) is 3.41. The summed E-state index contributed by atoms with van der Waals surface area (Å²) in [5, 5.41) is 12.2. The molecule has 0 fully saturated rings. The number of esters is 1. The number of aryl methyl sites for hydroxylation is 1. The Balaban J connectivity index is 1.44. The highest BCUT2D eigenvalue weighted by atomic mass is 32.2. The first-order valence-electron chi connectivity index (χ1n) is 9.28. The highest BCUT2D eigenvalue weighted by molar-refractivity contribution is 7.99. The van der Waals surface area contributed by atoms with Gasteiger partial charge >= 0.3 is 5.97 Å². The molecule has 0 atom stereocenters. The summed E-state index contributed by atoms with van der Waals surface area (Å²) in [6.45, 7) is 0. The molecule has 0 radical (unpaired) electrons. The van der Waals surface area contributed by atoms with E-state index in [2.05, 4.69) is 15.5 Å². The van der Waals surface area contributed by atoms with Crippen LogP contribution < -0.4 is 5.32 Å². The molecule has 1 N–H and O–H groups in total. The van der Waals surface area contributed by atoms with Crippen LogP contribution in [0.25, 0.3) is 11.4 Å². The van der Waals surface area contributed by atoms with E-state index in [-0.39, 0.29) is 17.5 Å². The van der Waals surface area contributed by atoms with Gasteiger partial charge in [0.05, 0.1) is 18.4 Å². The summed E-state index contributed by atoms with van der Waals surface area (Å²) in [5.41, 5.74) is 2.20. The maximum absolute atomic E-state index is 13.1. The lowest BCUT2D eigenvalue weighted by molar-refractivity contribution is -0.113. The number of benzene rings is 1. The van der Waals surface area contributed by atoms with Crippen LogP contribution in [0.5, 0.6) is 0 Å². The van der Waals surface area contributed by atoms with Crippen molar-refractivity contribution >= 4 is 40.0 Å². The molecule has 2 aromatic heterocycles. The molecule has 0 aliphatic heterocycles. The molecule has 1 amide bonds. The predicted molar refractivity (Wildman–Crippen MR) is 113 cm³/mol. The van der Waals surface area contributed by atoms with Crippen molar-refractivity contribution < 1.29 is 18.7 Å². The fourth-order valence-electron chi connectivity index (χ4n) is 3.39. The number of hydrogen-bond donors (Lipinski definition) is 1. The van der Waals surface area contributed by atoms with E-state index in [1.54, 1.807) is 23.7 Å². The Morgan fingerprint density at radius 2 is 2.03 bits per heavy atom. The molecular weight excluding hydrogens is 427 g/mol. The standard InChI is InChI=1S/C20H19FN4O3S2/c1-25-17(11-6-8-12(21)9-7-11)23-24-20(25)29-10-15(26)22-18-16(19(27)28-2)13-4-3-5-14(13)30-18/h6-9H,3-5,10H2,1-2H3,(H,22,26). The Morgan fingerprint density at radius 3 is 2.77 bits per heavy atom. The Morgan fingerprint density at radius 1 is 1.27 bits per heavy atom. The molecule has 0 saturated carbocycles. The van der Waals surface area contributed by atoms with Gasteiger partial charge in [0, 0.05) is 17.5 Å². The summed E-state index contributed by atoms with van der Waals surface area (Å²) < 4.78 is 19.8. The lowest BCUT2D eigenvalue weighted by Gasteiger charge is -2.07. The van der Waals surface area contributed by atoms with Crippen LogP contribution in [-0.4, -0.2) is 39.5 Å². The average molecular weight is 447 g/mol. The fourth-order valence-corrected chi connectivity index (χ4v) is 5.40. The van der Waals surface area contributed by atoms with E-state index in [9.17, 15) is 14.0 Å². The molecule has 0 unspecified atom stereocenters. The van der Waals surface area contributed by atoms with Crippen molar-refractivity contribution in [1.29, 1.82) is 0 Å². The number of halogens is 1. The summed E-state index contributed by atoms with van der Waals surface area (Å²) in [6.07, 6.45) is 2.75. The number of fused-ring (bicyclic) bond motifs is 1. The SMILES string of the molecule is COC(=O)c1c(NC(=O)CSc2nnc(-c3ccc(F)cc3)n2C)sc2c1CCC2. The van der Waals surface area contributed by atoms with Crippen molar-refractivity contribution in [2.75, 3.05) is 18.2 Å². The van der Waals surface area contributed by atoms with Crippen LogP contribution in [0.15, 0.2) is 29.4 Å². The Hall–Kier alpha value is -2.72. The highest BCUT2D eigenvalue weighted by Gasteiger charge is 2.28. The largest absolute Gasteiger partial charge is 0.465 e. The van der Waals surface area contributed by atoms with Crippen LogP contribution in [0.1, 0.15) is 27.2 Å². The van der Waals surface area contributed by atoms with Gasteiger partial charge in [-0.1, -0.05) is 11.8 Å². The Labute approximate surface area is 180 Å². The number of rotatable bonds is 6. The zero-order valence-corrected chi connectivity index (χ0v) is 18.0. The molecule has 156 valence electrons. The first kappa shape index (κ1) is 20.5. The maximum Gasteiger partial charge on any atom is 0.341 e. The van der Waals surface area contributed by atoms with Crippen LogP contribution in [0.3, 0.4) is 0 Å². The van der Waals surface area contributed by atoms with Crippen molar-refractivity contribution in [2.45, 2.75) is 24.4 Å². The Bertz CT molecular complexity index is 1110. The first-order chi connectivity index (χ1) is 14.5. The number of nitrogens with zero attached hydrogens (tertiary/aromatic N) is 3. The number of hydrogen-bond acceptors (Lipinski definition) is 7. The number of carbonyl (C=O) groups is 2. The van der Waals surface area contributed by atoms with Crippen molar-refractivity contribution in [3.63, 3.8) is 0 Å². The summed E-state index contributed by atoms with van der Waals surface area (Å²) in [5.74, 6) is -0.289. The lowest BCUT2D eigenvalue weighted by atomic mass is 10.1. The third-order valence-electron chi connectivity index (χ3n) is 4.83. The van der Waals surface area contributed by atoms with Crippen molar-refractivity contribution in [2.24, 2.45) is 7.05 Å². The second-order valence-corrected chi connectivity index (χ2v) is 8.81. The van der Waals surface area contributed by atoms with Gasteiger partial charge in [-0.05, 0) is 49.1 Å². The molecule has 2 heterocycles. The van der Waals surface area contributed by atoms with E-state index in [0.717, 1.165) is 35.3 Å². The minimum absolute atomic E-state index is 0.110. The molecule has 7 nitrogen and oxygen atoms in total. The smallest absolute Gasteiger partial charge is 0.341 e. The van der Waals surface area contributed by atoms with E-state index in [0.29, 0.717) is 21.5 Å². The third-order valence-corrected chi connectivity index (χ3v) is 7.06. The second-order valence-electron chi connectivity index (χ2n) is 6.76. The second kappa shape index (κ2) is 8.57. The van der Waals surface area contributed by atoms with Gasteiger partial charge in [-0.25, -0.2) is 9.18 Å². The Kier molecular flexibility index (Phi) is 5.87. The number of nitrogens with one attached hydrogen (secondary N) is 1. The summed E-state index contributed by atoms with van der Waals surface area (Å²) in [4.78, 5) is 25.9. The van der Waals surface area contributed by atoms with E-state index in [1.165, 1.54) is 42.3 Å². The van der Waals surface area contributed by atoms with Gasteiger partial charge in [0.2, 0.25) is 5.91 Å². The minimum Gasteiger partial charge on any atom is -0.465 e. The number of carbonyl (C=O) groups excluding carboxylic acids is 2. The van der Waals surface area contributed by atoms with E-state index >= 15 is 0 Å². The van der Waals surface area contributed by atoms with E-state index in [4.69, 9.17) is 4.74 Å². The van der Waals surface area contributed by atoms with Crippen molar-refractivity contribution in [3.8, 4) is 11.4 Å². The van der Waals surface area contributed by atoms with Crippen LogP contribution in [0.4, 0.5) is 9.39 Å². The molecule has 0 bridgehead atoms. The topological polar surface area (TPSA) is 86.1 Å². The van der Waals surface area contributed by atoms with Gasteiger partial charge < -0.3 is 14.6 Å². The monoisotopic (exact) mass is 446 g/mol. The van der Waals surface area contributed by atoms with Gasteiger partial charge in [0.25, 0.3) is 0 Å². The van der Waals surface area contributed by atoms with Crippen LogP contribution in [0, 0.1) is 5.82 Å². The van der Waals surface area contributed by atoms with Crippen molar-refractivity contribution in [1.82, 2.24) is 14.8 Å². The maximum atomic E-state index is 13.1. The number of aromatic nitrogens is 3. The first-order valence-corrected chi connectivity index (χ1v) is 11.1. The molecule has 1 aliphatic carbocycles. The quantitative estimate of drug-likeness (QED) is 0.459. The molecule has 4 rings (SSSR count). The molecule has 3 aromatic rings. The number of ether oxygens (including phenoxy) is 1. The minimum atomic E-state index is -0.422. The molecule has 10 heteroatoms. The molecular formula is C20H19FN4O3S2. The van der Waals surface area contributed by atoms with Gasteiger partial charge in [0.15, 0.2) is 11.0 Å². The highest BCUT2D eigenvalue weighted by Crippen LogP contribution is 2.39. The normalized spacial score (nSPS) is 12.6. The van der Waals surface area contributed by atoms with Crippen molar-refractivity contribution in [3.05, 3.63) is 46.1 Å². The number of thiophene rings is 1. The molecule has 0 spiro atoms. The van der Waals surface area contributed by atoms with Crippen LogP contribution in [0.2, 0.25) is 0 Å². The zero-order valence-electron chi connectivity index (χ0n) is 16.4. The number of methoxy groups -OCH3 is 1. The van der Waals surface area contributed by atoms with E-state index in [1.807, 2.05) is 0 Å². The van der Waals surface area contributed by atoms with E-state index < -0.39 is 5.97 Å². The fraction of sp³-hybridized carbons (Fsp3) is 0.300. The third kappa shape index (κ3) is 3.97. The summed E-state index contributed by atoms with van der Waals surface area (Å²) in [6, 6.07) is 5.98. The molecule has 30 heavy (non-hydrogen) atoms. The van der Waals surface area contributed by atoms with Crippen LogP contribution >= 0.6 is 23.1 Å². The zero-order chi connectivity index (χ0) is 21.3. The molecule has 1 aromatic carbocycles. The molecule has 1 aliphatic rings. The number of amides is 1. The van der Waals surface area contributed by atoms with Gasteiger partial charge in [-0.3, -0.25) is 4.79 Å². The predicted octanol–water partition coefficient (Wildman–Crippen LogP) is 3.69. The summed E-state index contributed by atoms with van der Waals surface area (Å²) in [7, 11) is 3.13. The summed E-state index contributed by atoms with van der Waals surface area (Å²) >= 11 is 2.68. The van der Waals surface area contributed by atoms with Gasteiger partial charge in [-0.2, -0.15) is 0 Å². The van der Waals surface area contributed by atoms with Crippen LogP contribution in [-0.2, 0) is 29.4 Å².